The van der Waals surface area contributed by atoms with Gasteiger partial charge in [-0.15, -0.1) is 11.3 Å². The Morgan fingerprint density at radius 3 is 2.89 bits per heavy atom. The maximum Gasteiger partial charge on any atom is 0.149 e. The van der Waals surface area contributed by atoms with E-state index in [1.54, 1.807) is 11.3 Å². The van der Waals surface area contributed by atoms with Crippen LogP contribution in [0.5, 0.6) is 0 Å². The van der Waals surface area contributed by atoms with Crippen LogP contribution in [0.4, 0.5) is 10.8 Å². The summed E-state index contributed by atoms with van der Waals surface area (Å²) < 4.78 is 4.25. The van der Waals surface area contributed by atoms with Crippen LogP contribution in [-0.2, 0) is 0 Å². The van der Waals surface area contributed by atoms with Crippen molar-refractivity contribution in [1.29, 1.82) is 0 Å². The number of nitrogen functional groups attached to an aromatic ring is 1. The number of hydrogen-bond acceptors (Lipinski definition) is 6. The van der Waals surface area contributed by atoms with Gasteiger partial charge < -0.3 is 11.1 Å². The van der Waals surface area contributed by atoms with Crippen LogP contribution < -0.4 is 11.1 Å². The molecule has 2 aromatic rings. The fraction of sp³-hybridized carbons (Fsp3) is 0.500. The highest BCUT2D eigenvalue weighted by Gasteiger charge is 2.37. The predicted molar refractivity (Wildman–Crippen MR) is 78.2 cm³/mol. The number of nitrogens with two attached hydrogens (primary N) is 1. The fourth-order valence-corrected chi connectivity index (χ4v) is 3.41. The topological polar surface area (TPSA) is 63.8 Å². The van der Waals surface area contributed by atoms with Crippen LogP contribution in [0.1, 0.15) is 25.5 Å². The smallest absolute Gasteiger partial charge is 0.149 e. The Labute approximate surface area is 114 Å². The van der Waals surface area contributed by atoms with E-state index in [0.717, 1.165) is 27.8 Å². The number of aryl methyl sites for hydroxylation is 1. The molecule has 1 aliphatic rings. The maximum absolute atomic E-state index is 5.96. The number of nitrogens with zero attached hydrogens (tertiary/aromatic N) is 2. The van der Waals surface area contributed by atoms with Gasteiger partial charge in [-0.3, -0.25) is 0 Å². The highest BCUT2D eigenvalue weighted by Crippen LogP contribution is 2.46. The van der Waals surface area contributed by atoms with Crippen molar-refractivity contribution in [2.75, 3.05) is 17.6 Å². The van der Waals surface area contributed by atoms with Gasteiger partial charge >= 0.3 is 0 Å². The number of thiazole rings is 1. The molecule has 0 unspecified atom stereocenters. The summed E-state index contributed by atoms with van der Waals surface area (Å²) in [6.45, 7) is 5.29. The third-order valence-electron chi connectivity index (χ3n) is 3.33. The number of hydrogen-bond donors (Lipinski definition) is 2. The van der Waals surface area contributed by atoms with Crippen LogP contribution in [0.3, 0.4) is 0 Å². The average Bonchev–Trinajstić information content (AvgIpc) is 2.74. The summed E-state index contributed by atoms with van der Waals surface area (Å²) >= 11 is 3.05. The Kier molecular flexibility index (Phi) is 2.79. The molecule has 2 heterocycles. The van der Waals surface area contributed by atoms with Crippen LogP contribution in [0.25, 0.3) is 10.6 Å². The Morgan fingerprint density at radius 1 is 1.50 bits per heavy atom. The van der Waals surface area contributed by atoms with Crippen LogP contribution in [0, 0.1) is 12.3 Å². The van der Waals surface area contributed by atoms with Crippen molar-refractivity contribution in [3.8, 4) is 10.6 Å². The van der Waals surface area contributed by atoms with Gasteiger partial charge in [-0.2, -0.15) is 4.37 Å². The molecule has 0 bridgehead atoms. The minimum Gasteiger partial charge on any atom is -0.382 e. The van der Waals surface area contributed by atoms with E-state index in [1.165, 1.54) is 24.4 Å². The summed E-state index contributed by atoms with van der Waals surface area (Å²) in [6.07, 6.45) is 2.61. The average molecular weight is 280 g/mol. The summed E-state index contributed by atoms with van der Waals surface area (Å²) in [7, 11) is 0. The van der Waals surface area contributed by atoms with Gasteiger partial charge in [0.1, 0.15) is 15.8 Å². The lowest BCUT2D eigenvalue weighted by Gasteiger charge is -2.10. The molecule has 0 amide bonds. The molecule has 96 valence electrons. The van der Waals surface area contributed by atoms with Crippen molar-refractivity contribution in [2.45, 2.75) is 26.7 Å². The van der Waals surface area contributed by atoms with Gasteiger partial charge in [-0.1, -0.05) is 6.92 Å². The molecule has 3 rings (SSSR count). The molecule has 1 aliphatic carbocycles. The van der Waals surface area contributed by atoms with Gasteiger partial charge in [0.2, 0.25) is 0 Å². The Morgan fingerprint density at radius 2 is 2.28 bits per heavy atom. The first kappa shape index (κ1) is 11.9. The minimum atomic E-state index is 0.467. The largest absolute Gasteiger partial charge is 0.382 e. The van der Waals surface area contributed by atoms with E-state index < -0.39 is 0 Å². The molecule has 1 saturated carbocycles. The second-order valence-corrected chi connectivity index (χ2v) is 6.86. The molecular formula is C12H16N4S2. The van der Waals surface area contributed by atoms with E-state index >= 15 is 0 Å². The molecule has 3 N–H and O–H groups in total. The summed E-state index contributed by atoms with van der Waals surface area (Å²) in [6, 6.07) is 0. The highest BCUT2D eigenvalue weighted by molar-refractivity contribution is 7.15. The quantitative estimate of drug-likeness (QED) is 0.901. The zero-order chi connectivity index (χ0) is 12.8. The lowest BCUT2D eigenvalue weighted by molar-refractivity contribution is 0.611. The molecule has 0 saturated heterocycles. The van der Waals surface area contributed by atoms with E-state index in [0.29, 0.717) is 11.2 Å². The van der Waals surface area contributed by atoms with Gasteiger partial charge in [-0.05, 0) is 36.7 Å². The van der Waals surface area contributed by atoms with Crippen LogP contribution in [0.15, 0.2) is 5.38 Å². The van der Waals surface area contributed by atoms with E-state index in [1.807, 2.05) is 12.3 Å². The highest BCUT2D eigenvalue weighted by atomic mass is 32.1. The summed E-state index contributed by atoms with van der Waals surface area (Å²) in [5.41, 5.74) is 8.43. The van der Waals surface area contributed by atoms with Crippen LogP contribution >= 0.6 is 22.9 Å². The van der Waals surface area contributed by atoms with Crippen molar-refractivity contribution >= 4 is 33.7 Å². The number of nitrogens with one attached hydrogen (secondary N) is 1. The van der Waals surface area contributed by atoms with Crippen molar-refractivity contribution in [1.82, 2.24) is 9.36 Å². The standard InChI is InChI=1S/C12H16N4S2/c1-7-5-17-11(15-7)8-9(13)16-18-10(8)14-6-12(2)3-4-12/h5,14H,3-4,6H2,1-2H3,(H2,13,16). The molecule has 0 atom stereocenters. The Balaban J connectivity index is 1.86. The monoisotopic (exact) mass is 280 g/mol. The third kappa shape index (κ3) is 2.22. The second kappa shape index (κ2) is 4.20. The SMILES string of the molecule is Cc1csc(-c2c(N)nsc2NCC2(C)CC2)n1. The molecule has 2 aromatic heterocycles. The molecule has 6 heteroatoms. The zero-order valence-electron chi connectivity index (χ0n) is 10.5. The normalized spacial score (nSPS) is 16.8. The molecule has 4 nitrogen and oxygen atoms in total. The number of anilines is 2. The maximum atomic E-state index is 5.96. The van der Waals surface area contributed by atoms with Gasteiger partial charge in [-0.25, -0.2) is 4.98 Å². The predicted octanol–water partition coefficient (Wildman–Crippen LogP) is 3.37. The first-order chi connectivity index (χ1) is 8.57. The van der Waals surface area contributed by atoms with E-state index in [-0.39, 0.29) is 0 Å². The van der Waals surface area contributed by atoms with E-state index in [2.05, 4.69) is 21.6 Å². The first-order valence-corrected chi connectivity index (χ1v) is 7.64. The Bertz CT molecular complexity index is 568. The van der Waals surface area contributed by atoms with Gasteiger partial charge in [0.15, 0.2) is 0 Å². The van der Waals surface area contributed by atoms with Gasteiger partial charge in [0, 0.05) is 17.6 Å². The van der Waals surface area contributed by atoms with Crippen LogP contribution in [0.2, 0.25) is 0 Å². The van der Waals surface area contributed by atoms with Crippen molar-refractivity contribution in [2.24, 2.45) is 5.41 Å². The van der Waals surface area contributed by atoms with Crippen molar-refractivity contribution < 1.29 is 0 Å². The number of aromatic nitrogens is 2. The Hall–Kier alpha value is -1.14. The minimum absolute atomic E-state index is 0.467. The molecular weight excluding hydrogens is 264 g/mol. The first-order valence-electron chi connectivity index (χ1n) is 5.99. The second-order valence-electron chi connectivity index (χ2n) is 5.23. The van der Waals surface area contributed by atoms with Crippen LogP contribution in [-0.4, -0.2) is 15.9 Å². The lowest BCUT2D eigenvalue weighted by atomic mass is 10.1. The fourth-order valence-electron chi connectivity index (χ4n) is 1.78. The van der Waals surface area contributed by atoms with E-state index in [9.17, 15) is 0 Å². The number of rotatable bonds is 4. The molecule has 18 heavy (non-hydrogen) atoms. The third-order valence-corrected chi connectivity index (χ3v) is 5.13. The molecule has 1 fully saturated rings. The van der Waals surface area contributed by atoms with E-state index in [4.69, 9.17) is 5.73 Å². The molecule has 0 aromatic carbocycles. The lowest BCUT2D eigenvalue weighted by Crippen LogP contribution is -2.11. The van der Waals surface area contributed by atoms with Crippen molar-refractivity contribution in [3.05, 3.63) is 11.1 Å². The van der Waals surface area contributed by atoms with Crippen molar-refractivity contribution in [3.63, 3.8) is 0 Å². The zero-order valence-corrected chi connectivity index (χ0v) is 12.1. The van der Waals surface area contributed by atoms with Gasteiger partial charge in [0.05, 0.1) is 5.56 Å². The molecule has 0 radical (unpaired) electrons. The van der Waals surface area contributed by atoms with Gasteiger partial charge in [0.25, 0.3) is 0 Å². The summed E-state index contributed by atoms with van der Waals surface area (Å²) in [4.78, 5) is 4.50. The summed E-state index contributed by atoms with van der Waals surface area (Å²) in [5, 5.41) is 7.54. The summed E-state index contributed by atoms with van der Waals surface area (Å²) in [5.74, 6) is 0.581. The molecule has 0 aliphatic heterocycles. The molecule has 0 spiro atoms.